The van der Waals surface area contributed by atoms with Gasteiger partial charge in [-0.05, 0) is 45.2 Å². The molecule has 0 spiro atoms. The lowest BCUT2D eigenvalue weighted by molar-refractivity contribution is 0.251. The summed E-state index contributed by atoms with van der Waals surface area (Å²) in [4.78, 5) is 18.1. The van der Waals surface area contributed by atoms with Crippen LogP contribution in [0.25, 0.3) is 0 Å². The van der Waals surface area contributed by atoms with Gasteiger partial charge in [0.2, 0.25) is 0 Å². The van der Waals surface area contributed by atoms with Gasteiger partial charge < -0.3 is 5.73 Å². The van der Waals surface area contributed by atoms with E-state index in [2.05, 4.69) is 17.2 Å². The molecular formula is C16H26N4O. The van der Waals surface area contributed by atoms with Gasteiger partial charge >= 0.3 is 6.03 Å². The Morgan fingerprint density at radius 2 is 2.00 bits per heavy atom. The molecule has 1 aromatic rings. The van der Waals surface area contributed by atoms with Crippen LogP contribution < -0.4 is 16.0 Å². The first-order chi connectivity index (χ1) is 9.65. The van der Waals surface area contributed by atoms with Crippen LogP contribution in [-0.2, 0) is 6.42 Å². The van der Waals surface area contributed by atoms with Gasteiger partial charge in [0.05, 0.1) is 11.2 Å². The Labute approximate surface area is 127 Å². The van der Waals surface area contributed by atoms with E-state index >= 15 is 0 Å². The van der Waals surface area contributed by atoms with Crippen LogP contribution in [0, 0.1) is 6.92 Å². The van der Waals surface area contributed by atoms with Crippen molar-refractivity contribution in [2.75, 3.05) is 11.9 Å². The summed E-state index contributed by atoms with van der Waals surface area (Å²) in [5.41, 5.74) is 8.55. The monoisotopic (exact) mass is 290 g/mol. The Kier molecular flexibility index (Phi) is 5.35. The van der Waals surface area contributed by atoms with E-state index in [1.165, 1.54) is 0 Å². The van der Waals surface area contributed by atoms with Crippen LogP contribution in [0.5, 0.6) is 0 Å². The number of aliphatic imine (C=N–C) groups is 1. The Balaban J connectivity index is 2.97. The SMILES string of the molecule is CCc1cccc(C)c1N(C)C(=O)NC(N)=NC(C)(C)C. The molecule has 0 aliphatic heterocycles. The number of guanidine groups is 1. The summed E-state index contributed by atoms with van der Waals surface area (Å²) < 4.78 is 0. The highest BCUT2D eigenvalue weighted by atomic mass is 16.2. The molecule has 0 unspecified atom stereocenters. The van der Waals surface area contributed by atoms with Crippen molar-refractivity contribution in [3.8, 4) is 0 Å². The van der Waals surface area contributed by atoms with Crippen LogP contribution >= 0.6 is 0 Å². The van der Waals surface area contributed by atoms with Crippen molar-refractivity contribution in [3.05, 3.63) is 29.3 Å². The zero-order valence-corrected chi connectivity index (χ0v) is 13.8. The average molecular weight is 290 g/mol. The Bertz CT molecular complexity index is 544. The van der Waals surface area contributed by atoms with Crippen LogP contribution in [-0.4, -0.2) is 24.6 Å². The summed E-state index contributed by atoms with van der Waals surface area (Å²) in [6.07, 6.45) is 0.861. The van der Waals surface area contributed by atoms with Gasteiger partial charge in [-0.3, -0.25) is 10.2 Å². The van der Waals surface area contributed by atoms with Gasteiger partial charge in [0.1, 0.15) is 0 Å². The van der Waals surface area contributed by atoms with Crippen LogP contribution in [0.1, 0.15) is 38.8 Å². The number of para-hydroxylation sites is 1. The molecule has 0 radical (unpaired) electrons. The molecule has 0 aliphatic carbocycles. The minimum Gasteiger partial charge on any atom is -0.370 e. The summed E-state index contributed by atoms with van der Waals surface area (Å²) in [6, 6.07) is 5.73. The molecular weight excluding hydrogens is 264 g/mol. The third-order valence-corrected chi connectivity index (χ3v) is 3.03. The van der Waals surface area contributed by atoms with Gasteiger partial charge in [-0.2, -0.15) is 0 Å². The number of amides is 2. The molecule has 3 N–H and O–H groups in total. The second-order valence-electron chi connectivity index (χ2n) is 6.09. The normalized spacial score (nSPS) is 12.2. The lowest BCUT2D eigenvalue weighted by atomic mass is 10.1. The zero-order valence-electron chi connectivity index (χ0n) is 13.8. The molecule has 116 valence electrons. The number of carbonyl (C=O) groups excluding carboxylic acids is 1. The standard InChI is InChI=1S/C16H26N4O/c1-7-12-10-8-9-11(2)13(12)20(6)15(21)18-14(17)19-16(3,4)5/h8-10H,7H2,1-6H3,(H3,17,18,19,21). The number of carbonyl (C=O) groups is 1. The van der Waals surface area contributed by atoms with Crippen molar-refractivity contribution in [2.24, 2.45) is 10.7 Å². The first-order valence-electron chi connectivity index (χ1n) is 7.14. The first kappa shape index (κ1) is 17.0. The summed E-state index contributed by atoms with van der Waals surface area (Å²) >= 11 is 0. The molecule has 5 heteroatoms. The second-order valence-corrected chi connectivity index (χ2v) is 6.09. The number of nitrogens with two attached hydrogens (primary N) is 1. The number of nitrogens with zero attached hydrogens (tertiary/aromatic N) is 2. The molecule has 0 aliphatic rings. The van der Waals surface area contributed by atoms with E-state index in [-0.39, 0.29) is 17.5 Å². The van der Waals surface area contributed by atoms with E-state index in [0.717, 1.165) is 23.2 Å². The highest BCUT2D eigenvalue weighted by molar-refractivity contribution is 6.03. The minimum atomic E-state index is -0.326. The molecule has 0 saturated carbocycles. The topological polar surface area (TPSA) is 70.7 Å². The fourth-order valence-electron chi connectivity index (χ4n) is 2.17. The number of benzene rings is 1. The van der Waals surface area contributed by atoms with Crippen molar-refractivity contribution in [1.82, 2.24) is 5.32 Å². The first-order valence-corrected chi connectivity index (χ1v) is 7.14. The van der Waals surface area contributed by atoms with Gasteiger partial charge in [-0.25, -0.2) is 9.79 Å². The summed E-state index contributed by atoms with van der Waals surface area (Å²) in [6.45, 7) is 9.83. The number of aryl methyl sites for hydroxylation is 2. The van der Waals surface area contributed by atoms with Crippen molar-refractivity contribution >= 4 is 17.7 Å². The predicted molar refractivity (Wildman–Crippen MR) is 88.9 cm³/mol. The fourth-order valence-corrected chi connectivity index (χ4v) is 2.17. The Morgan fingerprint density at radius 3 is 2.52 bits per heavy atom. The van der Waals surface area contributed by atoms with Crippen LogP contribution in [0.4, 0.5) is 10.5 Å². The maximum absolute atomic E-state index is 12.3. The van der Waals surface area contributed by atoms with E-state index in [1.54, 1.807) is 11.9 Å². The molecule has 1 aromatic carbocycles. The smallest absolute Gasteiger partial charge is 0.328 e. The van der Waals surface area contributed by atoms with Crippen molar-refractivity contribution < 1.29 is 4.79 Å². The minimum absolute atomic E-state index is 0.131. The molecule has 0 fully saturated rings. The number of rotatable bonds is 2. The largest absolute Gasteiger partial charge is 0.370 e. The summed E-state index contributed by atoms with van der Waals surface area (Å²) in [5.74, 6) is 0.131. The number of hydrogen-bond acceptors (Lipinski definition) is 2. The zero-order chi connectivity index (χ0) is 16.2. The second kappa shape index (κ2) is 6.61. The molecule has 21 heavy (non-hydrogen) atoms. The lowest BCUT2D eigenvalue weighted by Gasteiger charge is -2.23. The number of nitrogens with one attached hydrogen (secondary N) is 1. The molecule has 0 heterocycles. The van der Waals surface area contributed by atoms with Crippen molar-refractivity contribution in [3.63, 3.8) is 0 Å². The number of anilines is 1. The van der Waals surface area contributed by atoms with E-state index < -0.39 is 0 Å². The van der Waals surface area contributed by atoms with Crippen LogP contribution in [0.15, 0.2) is 23.2 Å². The predicted octanol–water partition coefficient (Wildman–Crippen LogP) is 2.82. The van der Waals surface area contributed by atoms with Crippen molar-refractivity contribution in [1.29, 1.82) is 0 Å². The highest BCUT2D eigenvalue weighted by Gasteiger charge is 2.17. The van der Waals surface area contributed by atoms with E-state index in [0.29, 0.717) is 0 Å². The maximum Gasteiger partial charge on any atom is 0.328 e. The third kappa shape index (κ3) is 4.77. The Hall–Kier alpha value is -2.04. The van der Waals surface area contributed by atoms with Gasteiger partial charge in [-0.15, -0.1) is 0 Å². The molecule has 0 bridgehead atoms. The van der Waals surface area contributed by atoms with Gasteiger partial charge in [0.15, 0.2) is 5.96 Å². The van der Waals surface area contributed by atoms with Gasteiger partial charge in [0, 0.05) is 7.05 Å². The summed E-state index contributed by atoms with van der Waals surface area (Å²) in [7, 11) is 1.74. The van der Waals surface area contributed by atoms with Crippen molar-refractivity contribution in [2.45, 2.75) is 46.6 Å². The number of urea groups is 1. The third-order valence-electron chi connectivity index (χ3n) is 3.03. The van der Waals surface area contributed by atoms with E-state index in [1.807, 2.05) is 45.9 Å². The fraction of sp³-hybridized carbons (Fsp3) is 0.500. The maximum atomic E-state index is 12.3. The number of hydrogen-bond donors (Lipinski definition) is 2. The van der Waals surface area contributed by atoms with Crippen LogP contribution in [0.3, 0.4) is 0 Å². The Morgan fingerprint density at radius 1 is 1.38 bits per heavy atom. The van der Waals surface area contributed by atoms with E-state index in [9.17, 15) is 4.79 Å². The molecule has 0 saturated heterocycles. The van der Waals surface area contributed by atoms with Gasteiger partial charge in [-0.1, -0.05) is 25.1 Å². The molecule has 1 rings (SSSR count). The average Bonchev–Trinajstić information content (AvgIpc) is 2.35. The van der Waals surface area contributed by atoms with Crippen LogP contribution in [0.2, 0.25) is 0 Å². The lowest BCUT2D eigenvalue weighted by Crippen LogP contribution is -2.45. The molecule has 0 atom stereocenters. The highest BCUT2D eigenvalue weighted by Crippen LogP contribution is 2.24. The molecule has 0 aromatic heterocycles. The molecule has 5 nitrogen and oxygen atoms in total. The quantitative estimate of drug-likeness (QED) is 0.649. The van der Waals surface area contributed by atoms with Gasteiger partial charge in [0.25, 0.3) is 0 Å². The van der Waals surface area contributed by atoms with E-state index in [4.69, 9.17) is 5.73 Å². The summed E-state index contributed by atoms with van der Waals surface area (Å²) in [5, 5.41) is 2.63. The molecule has 2 amide bonds.